The highest BCUT2D eigenvalue weighted by Crippen LogP contribution is 2.20. The molecule has 0 aliphatic carbocycles. The fraction of sp³-hybridized carbons (Fsp3) is 0.100. The number of alkyl halides is 1. The summed E-state index contributed by atoms with van der Waals surface area (Å²) in [7, 11) is 0. The summed E-state index contributed by atoms with van der Waals surface area (Å²) in [6, 6.07) is 7.25. The van der Waals surface area contributed by atoms with Gasteiger partial charge in [0.15, 0.2) is 0 Å². The fourth-order valence-corrected chi connectivity index (χ4v) is 1.52. The number of halogens is 1. The van der Waals surface area contributed by atoms with Crippen LogP contribution in [0.25, 0.3) is 11.0 Å². The van der Waals surface area contributed by atoms with Crippen LogP contribution < -0.4 is 0 Å². The van der Waals surface area contributed by atoms with Gasteiger partial charge in [-0.05, 0) is 12.1 Å². The van der Waals surface area contributed by atoms with Gasteiger partial charge in [-0.2, -0.15) is 10.5 Å². The molecule has 0 spiro atoms. The quantitative estimate of drug-likeness (QED) is 0.741. The molecule has 0 bridgehead atoms. The summed E-state index contributed by atoms with van der Waals surface area (Å²) >= 11 is 5.63. The number of H-pyrrole nitrogens is 1. The van der Waals surface area contributed by atoms with Crippen molar-refractivity contribution in [3.63, 3.8) is 0 Å². The van der Waals surface area contributed by atoms with Crippen LogP contribution in [0, 0.1) is 22.7 Å². The number of hydrogen-bond acceptors (Lipinski definition) is 3. The number of nitrogens with one attached hydrogen (secondary N) is 1. The van der Waals surface area contributed by atoms with Crippen molar-refractivity contribution < 1.29 is 0 Å². The molecule has 1 aromatic heterocycles. The topological polar surface area (TPSA) is 76.3 Å². The van der Waals surface area contributed by atoms with Gasteiger partial charge < -0.3 is 4.98 Å². The summed E-state index contributed by atoms with van der Waals surface area (Å²) in [5, 5.41) is 17.7. The van der Waals surface area contributed by atoms with Gasteiger partial charge in [0.05, 0.1) is 22.5 Å². The number of benzene rings is 1. The molecule has 2 rings (SSSR count). The molecule has 1 heterocycles. The smallest absolute Gasteiger partial charge is 0.122 e. The molecule has 0 saturated carbocycles. The van der Waals surface area contributed by atoms with E-state index >= 15 is 0 Å². The number of aromatic nitrogens is 2. The lowest BCUT2D eigenvalue weighted by molar-refractivity contribution is 1.13. The molecule has 1 aromatic carbocycles. The van der Waals surface area contributed by atoms with Gasteiger partial charge >= 0.3 is 0 Å². The van der Waals surface area contributed by atoms with E-state index in [-0.39, 0.29) is 5.88 Å². The molecule has 4 nitrogen and oxygen atoms in total. The van der Waals surface area contributed by atoms with Gasteiger partial charge in [-0.3, -0.25) is 0 Å². The van der Waals surface area contributed by atoms with Gasteiger partial charge in [-0.25, -0.2) is 4.98 Å². The lowest BCUT2D eigenvalue weighted by Crippen LogP contribution is -1.85. The minimum absolute atomic E-state index is 0.251. The maximum atomic E-state index is 8.94. The second-order valence-corrected chi connectivity index (χ2v) is 3.19. The predicted molar refractivity (Wildman–Crippen MR) is 55.1 cm³/mol. The summed E-state index contributed by atoms with van der Waals surface area (Å²) < 4.78 is 0. The SMILES string of the molecule is N#Cc1ccc2[nH]c(CCl)nc2c1C#N. The normalized spacial score (nSPS) is 9.80. The number of imidazole rings is 1. The van der Waals surface area contributed by atoms with E-state index < -0.39 is 0 Å². The highest BCUT2D eigenvalue weighted by molar-refractivity contribution is 6.16. The van der Waals surface area contributed by atoms with Crippen LogP contribution in [0.5, 0.6) is 0 Å². The van der Waals surface area contributed by atoms with Gasteiger partial charge in [0.1, 0.15) is 23.5 Å². The third kappa shape index (κ3) is 1.41. The average molecular weight is 217 g/mol. The molecule has 72 valence electrons. The molecule has 1 N–H and O–H groups in total. The van der Waals surface area contributed by atoms with Crippen molar-refractivity contribution >= 4 is 22.6 Å². The second kappa shape index (κ2) is 3.61. The summed E-state index contributed by atoms with van der Waals surface area (Å²) in [6.45, 7) is 0. The number of rotatable bonds is 1. The minimum Gasteiger partial charge on any atom is -0.341 e. The molecule has 0 amide bonds. The van der Waals surface area contributed by atoms with E-state index in [0.29, 0.717) is 22.5 Å². The fourth-order valence-electron chi connectivity index (χ4n) is 1.40. The van der Waals surface area contributed by atoms with Crippen LogP contribution in [0.4, 0.5) is 0 Å². The Kier molecular flexibility index (Phi) is 2.29. The Morgan fingerprint density at radius 3 is 2.73 bits per heavy atom. The summed E-state index contributed by atoms with van der Waals surface area (Å²) in [5.41, 5.74) is 1.86. The third-order valence-corrected chi connectivity index (χ3v) is 2.32. The van der Waals surface area contributed by atoms with Crippen LogP contribution >= 0.6 is 11.6 Å². The maximum absolute atomic E-state index is 8.94. The first-order valence-corrected chi connectivity index (χ1v) is 4.71. The predicted octanol–water partition coefficient (Wildman–Crippen LogP) is 2.05. The number of nitrogens with zero attached hydrogens (tertiary/aromatic N) is 3. The number of hydrogen-bond donors (Lipinski definition) is 1. The highest BCUT2D eigenvalue weighted by Gasteiger charge is 2.10. The van der Waals surface area contributed by atoms with Crippen LogP contribution in [0.1, 0.15) is 17.0 Å². The monoisotopic (exact) mass is 216 g/mol. The lowest BCUT2D eigenvalue weighted by Gasteiger charge is -1.93. The Labute approximate surface area is 90.7 Å². The molecular weight excluding hydrogens is 212 g/mol. The molecule has 15 heavy (non-hydrogen) atoms. The Balaban J connectivity index is 2.83. The first kappa shape index (κ1) is 9.51. The van der Waals surface area contributed by atoms with Crippen LogP contribution in [0.2, 0.25) is 0 Å². The van der Waals surface area contributed by atoms with Crippen LogP contribution in [-0.4, -0.2) is 9.97 Å². The van der Waals surface area contributed by atoms with Crippen LogP contribution in [0.3, 0.4) is 0 Å². The molecule has 0 unspecified atom stereocenters. The zero-order valence-electron chi connectivity index (χ0n) is 7.58. The van der Waals surface area contributed by atoms with Crippen LogP contribution in [0.15, 0.2) is 12.1 Å². The van der Waals surface area contributed by atoms with E-state index in [0.717, 1.165) is 5.52 Å². The Morgan fingerprint density at radius 2 is 2.13 bits per heavy atom. The van der Waals surface area contributed by atoms with E-state index in [1.54, 1.807) is 12.1 Å². The minimum atomic E-state index is 0.251. The molecular formula is C10H5ClN4. The molecule has 0 atom stereocenters. The molecule has 0 aliphatic heterocycles. The van der Waals surface area contributed by atoms with Crippen molar-refractivity contribution in [3.8, 4) is 12.1 Å². The molecule has 0 saturated heterocycles. The Bertz CT molecular complexity index is 600. The van der Waals surface area contributed by atoms with Gasteiger partial charge in [0.25, 0.3) is 0 Å². The van der Waals surface area contributed by atoms with Crippen molar-refractivity contribution in [2.45, 2.75) is 5.88 Å². The van der Waals surface area contributed by atoms with Gasteiger partial charge in [0.2, 0.25) is 0 Å². The second-order valence-electron chi connectivity index (χ2n) is 2.93. The third-order valence-electron chi connectivity index (χ3n) is 2.06. The molecule has 0 radical (unpaired) electrons. The van der Waals surface area contributed by atoms with E-state index in [1.807, 2.05) is 12.1 Å². The maximum Gasteiger partial charge on any atom is 0.122 e. The van der Waals surface area contributed by atoms with Gasteiger partial charge in [-0.1, -0.05) is 0 Å². The van der Waals surface area contributed by atoms with E-state index in [2.05, 4.69) is 9.97 Å². The molecule has 2 aromatic rings. The van der Waals surface area contributed by atoms with E-state index in [9.17, 15) is 0 Å². The van der Waals surface area contributed by atoms with Gasteiger partial charge in [0, 0.05) is 0 Å². The van der Waals surface area contributed by atoms with Crippen molar-refractivity contribution in [1.29, 1.82) is 10.5 Å². The van der Waals surface area contributed by atoms with Crippen molar-refractivity contribution in [3.05, 3.63) is 29.1 Å². The van der Waals surface area contributed by atoms with Crippen LogP contribution in [-0.2, 0) is 5.88 Å². The molecule has 0 aliphatic rings. The van der Waals surface area contributed by atoms with Crippen molar-refractivity contribution in [2.24, 2.45) is 0 Å². The van der Waals surface area contributed by atoms with Gasteiger partial charge in [-0.15, -0.1) is 11.6 Å². The Morgan fingerprint density at radius 1 is 1.33 bits per heavy atom. The summed E-state index contributed by atoms with van der Waals surface area (Å²) in [6.07, 6.45) is 0. The van der Waals surface area contributed by atoms with E-state index in [1.165, 1.54) is 0 Å². The standard InChI is InChI=1S/C10H5ClN4/c11-3-9-14-8-2-1-6(4-12)7(5-13)10(8)15-9/h1-2H,3H2,(H,14,15). The number of fused-ring (bicyclic) bond motifs is 1. The van der Waals surface area contributed by atoms with E-state index in [4.69, 9.17) is 22.1 Å². The molecule has 0 fully saturated rings. The highest BCUT2D eigenvalue weighted by atomic mass is 35.5. The average Bonchev–Trinajstić information content (AvgIpc) is 2.70. The van der Waals surface area contributed by atoms with Crippen molar-refractivity contribution in [2.75, 3.05) is 0 Å². The zero-order chi connectivity index (χ0) is 10.8. The largest absolute Gasteiger partial charge is 0.341 e. The number of aromatic amines is 1. The first-order valence-electron chi connectivity index (χ1n) is 4.18. The first-order chi connectivity index (χ1) is 7.30. The summed E-state index contributed by atoms with van der Waals surface area (Å²) in [5.74, 6) is 0.847. The van der Waals surface area contributed by atoms with Crippen molar-refractivity contribution in [1.82, 2.24) is 9.97 Å². The number of nitriles is 2. The summed E-state index contributed by atoms with van der Waals surface area (Å²) in [4.78, 5) is 7.12. The zero-order valence-corrected chi connectivity index (χ0v) is 8.34. The Hall–Kier alpha value is -2.04. The lowest BCUT2D eigenvalue weighted by atomic mass is 10.1. The molecule has 5 heteroatoms.